The number of likely N-dealkylation sites (tertiary alicyclic amines) is 1. The number of benzene rings is 2. The van der Waals surface area contributed by atoms with Crippen LogP contribution in [0.3, 0.4) is 0 Å². The largest absolute Gasteiger partial charge is 0.737 e. The maximum Gasteiger partial charge on any atom is 0.737 e. The van der Waals surface area contributed by atoms with Gasteiger partial charge in [0.15, 0.2) is 24.2 Å². The average molecular weight is 943 g/mol. The van der Waals surface area contributed by atoms with E-state index in [4.69, 9.17) is 14.7 Å². The standard InChI is InChI=1S/C52H65BF2N10O4/c54-53(55)64-43(22-23-44(64)37-45-24-27-49(65(45)53)48-16-12-31-57-48)21-18-41-19-25-46(26-20-41)69-39-51(67)59-29-8-3-5-17-50(66)58-28-6-1-2-7-30-60-52(62-40-56)61-32-13-35-68-47-15-11-14-42(36-47)38-63-33-9-4-10-34-63/h11-12,14-16,18-27,31,36-37,57H,1-10,13,17,28-30,32-35,38-39H2,(H,58,66)(H,59,67)(H2,60,61,62)/b21-18+. The summed E-state index contributed by atoms with van der Waals surface area (Å²) in [6.45, 7) is 1.93. The number of nitrogens with zero attached hydrogens (tertiary/aromatic N) is 5. The number of ether oxygens (including phenoxy) is 2. The molecule has 3 aliphatic rings. The number of allylic oxidation sites excluding steroid dienone is 2. The van der Waals surface area contributed by atoms with Crippen LogP contribution in [0.15, 0.2) is 102 Å². The van der Waals surface area contributed by atoms with Crippen molar-refractivity contribution in [1.82, 2.24) is 35.6 Å². The van der Waals surface area contributed by atoms with Gasteiger partial charge in [0, 0.05) is 81.4 Å². The Morgan fingerprint density at radius 1 is 0.812 bits per heavy atom. The third kappa shape index (κ3) is 15.0. The third-order valence-electron chi connectivity index (χ3n) is 12.3. The molecule has 5 heterocycles. The SMILES string of the molecule is N#CNC(=NCCCOc1cccc(CN2CCCCC2)c1)NCCCCCCNC(=O)CCCCCNC(=O)COc1ccc(/C=C/c2ccc3n2[B-](F)(F)[N+]2=C(c4ccc[nH]4)C=CC2=C3)cc1. The molecule has 3 aliphatic heterocycles. The molecule has 5 N–H and O–H groups in total. The Hall–Kier alpha value is -6.93. The Bertz CT molecular complexity index is 2500. The molecule has 14 nitrogen and oxygen atoms in total. The van der Waals surface area contributed by atoms with Crippen molar-refractivity contribution in [1.29, 1.82) is 5.26 Å². The molecular formula is C52H65BF2N10O4. The highest BCUT2D eigenvalue weighted by atomic mass is 19.2. The zero-order valence-electron chi connectivity index (χ0n) is 39.4. The molecule has 0 aliphatic carbocycles. The highest BCUT2D eigenvalue weighted by molar-refractivity contribution is 6.58. The van der Waals surface area contributed by atoms with Crippen LogP contribution in [0.1, 0.15) is 105 Å². The molecule has 4 aromatic rings. The Balaban J connectivity index is 0.678. The smallest absolute Gasteiger partial charge is 0.494 e. The first kappa shape index (κ1) is 50.0. The molecule has 0 radical (unpaired) electrons. The summed E-state index contributed by atoms with van der Waals surface area (Å²) in [7, 11) is 0. The topological polar surface area (TPSA) is 164 Å². The van der Waals surface area contributed by atoms with Gasteiger partial charge in [-0.25, -0.2) is 0 Å². The van der Waals surface area contributed by atoms with Gasteiger partial charge in [-0.15, -0.1) is 0 Å². The van der Waals surface area contributed by atoms with E-state index in [-0.39, 0.29) is 18.4 Å². The summed E-state index contributed by atoms with van der Waals surface area (Å²) < 4.78 is 46.0. The summed E-state index contributed by atoms with van der Waals surface area (Å²) in [5.74, 6) is 1.67. The third-order valence-corrected chi connectivity index (χ3v) is 12.3. The molecular weight excluding hydrogens is 877 g/mol. The lowest BCUT2D eigenvalue weighted by Gasteiger charge is -2.30. The number of nitriles is 1. The van der Waals surface area contributed by atoms with E-state index >= 15 is 8.63 Å². The lowest BCUT2D eigenvalue weighted by atomic mass is 9.90. The van der Waals surface area contributed by atoms with E-state index in [0.717, 1.165) is 78.2 Å². The molecule has 0 spiro atoms. The number of rotatable bonds is 26. The maximum atomic E-state index is 16.1. The zero-order chi connectivity index (χ0) is 48.1. The van der Waals surface area contributed by atoms with Crippen LogP contribution < -0.4 is 30.7 Å². The molecule has 2 aromatic carbocycles. The van der Waals surface area contributed by atoms with Gasteiger partial charge in [-0.3, -0.25) is 24.8 Å². The van der Waals surface area contributed by atoms with Crippen LogP contribution in [-0.2, 0) is 16.1 Å². The number of unbranched alkanes of at least 4 members (excludes halogenated alkanes) is 5. The molecule has 0 atom stereocenters. The van der Waals surface area contributed by atoms with Crippen LogP contribution in [0.4, 0.5) is 8.63 Å². The van der Waals surface area contributed by atoms with Gasteiger partial charge in [-0.1, -0.05) is 56.0 Å². The van der Waals surface area contributed by atoms with E-state index in [1.54, 1.807) is 73.0 Å². The summed E-state index contributed by atoms with van der Waals surface area (Å²) in [6, 6.07) is 22.4. The van der Waals surface area contributed by atoms with Crippen LogP contribution in [0.25, 0.3) is 18.2 Å². The van der Waals surface area contributed by atoms with E-state index in [2.05, 4.69) is 54.3 Å². The van der Waals surface area contributed by atoms with Gasteiger partial charge in [-0.2, -0.15) is 5.26 Å². The van der Waals surface area contributed by atoms with Crippen LogP contribution in [0.2, 0.25) is 0 Å². The normalized spacial score (nSPS) is 15.3. The number of carbonyl (C=O) groups is 2. The van der Waals surface area contributed by atoms with Crippen molar-refractivity contribution in [2.75, 3.05) is 52.5 Å². The van der Waals surface area contributed by atoms with Crippen molar-refractivity contribution in [3.05, 3.63) is 125 Å². The number of piperidine rings is 1. The first-order valence-electron chi connectivity index (χ1n) is 24.5. The van der Waals surface area contributed by atoms with Gasteiger partial charge < -0.3 is 48.0 Å². The van der Waals surface area contributed by atoms with Crippen LogP contribution in [0.5, 0.6) is 11.5 Å². The molecule has 0 saturated carbocycles. The number of H-pyrrole nitrogens is 1. The van der Waals surface area contributed by atoms with Crippen molar-refractivity contribution in [2.45, 2.75) is 83.6 Å². The maximum absolute atomic E-state index is 16.1. The molecule has 2 amide bonds. The molecule has 0 unspecified atom stereocenters. The Morgan fingerprint density at radius 3 is 2.35 bits per heavy atom. The molecule has 0 bridgehead atoms. The van der Waals surface area contributed by atoms with Crippen molar-refractivity contribution in [3.63, 3.8) is 0 Å². The molecule has 17 heteroatoms. The van der Waals surface area contributed by atoms with Crippen LogP contribution in [-0.4, -0.2) is 102 Å². The number of aromatic amines is 1. The molecule has 1 fully saturated rings. The number of hydrogen-bond donors (Lipinski definition) is 5. The van der Waals surface area contributed by atoms with Crippen LogP contribution >= 0.6 is 0 Å². The second kappa shape index (κ2) is 26.0. The number of hydrogen-bond acceptors (Lipinski definition) is 7. The Kier molecular flexibility index (Phi) is 18.8. The van der Waals surface area contributed by atoms with E-state index in [9.17, 15) is 9.59 Å². The van der Waals surface area contributed by atoms with Crippen molar-refractivity contribution >= 4 is 48.7 Å². The minimum absolute atomic E-state index is 0.0358. The number of halogens is 2. The van der Waals surface area contributed by atoms with Crippen molar-refractivity contribution < 1.29 is 32.2 Å². The van der Waals surface area contributed by atoms with Crippen molar-refractivity contribution in [2.24, 2.45) is 4.99 Å². The number of carbonyl (C=O) groups excluding carboxylic acids is 2. The summed E-state index contributed by atoms with van der Waals surface area (Å²) in [4.78, 5) is 34.8. The summed E-state index contributed by atoms with van der Waals surface area (Å²) >= 11 is 0. The summed E-state index contributed by atoms with van der Waals surface area (Å²) in [6.07, 6.45) is 23.5. The van der Waals surface area contributed by atoms with Gasteiger partial charge in [0.2, 0.25) is 11.9 Å². The van der Waals surface area contributed by atoms with E-state index < -0.39 is 6.97 Å². The monoisotopic (exact) mass is 943 g/mol. The first-order chi connectivity index (χ1) is 33.8. The second-order valence-electron chi connectivity index (χ2n) is 17.6. The van der Waals surface area contributed by atoms with Gasteiger partial charge in [0.05, 0.1) is 6.61 Å². The first-order valence-corrected chi connectivity index (χ1v) is 24.5. The number of aromatic nitrogens is 2. The lowest BCUT2D eigenvalue weighted by Crippen LogP contribution is -2.50. The molecule has 364 valence electrons. The van der Waals surface area contributed by atoms with Gasteiger partial charge in [0.1, 0.15) is 17.2 Å². The summed E-state index contributed by atoms with van der Waals surface area (Å²) in [5, 5.41) is 20.9. The van der Waals surface area contributed by atoms with Gasteiger partial charge >= 0.3 is 6.97 Å². The molecule has 1 saturated heterocycles. The fraction of sp³-hybridized carbons (Fsp3) is 0.404. The average Bonchev–Trinajstić information content (AvgIpc) is 4.15. The number of aliphatic imine (C=N–C) groups is 1. The fourth-order valence-corrected chi connectivity index (χ4v) is 8.74. The molecule has 7 rings (SSSR count). The van der Waals surface area contributed by atoms with Gasteiger partial charge in [0.25, 0.3) is 5.91 Å². The van der Waals surface area contributed by atoms with E-state index in [1.807, 2.05) is 24.4 Å². The molecule has 69 heavy (non-hydrogen) atoms. The number of guanidine groups is 1. The summed E-state index contributed by atoms with van der Waals surface area (Å²) in [5.41, 5.74) is 4.40. The van der Waals surface area contributed by atoms with Crippen LogP contribution in [0, 0.1) is 11.5 Å². The predicted octanol–water partition coefficient (Wildman–Crippen LogP) is 7.84. The zero-order valence-corrected chi connectivity index (χ0v) is 39.4. The number of nitrogens with one attached hydrogen (secondary N) is 5. The second-order valence-corrected chi connectivity index (χ2v) is 17.6. The fourth-order valence-electron chi connectivity index (χ4n) is 8.74. The van der Waals surface area contributed by atoms with Gasteiger partial charge in [-0.05, 0) is 117 Å². The lowest BCUT2D eigenvalue weighted by molar-refractivity contribution is -0.360. The van der Waals surface area contributed by atoms with E-state index in [1.165, 1.54) is 37.9 Å². The van der Waals surface area contributed by atoms with Crippen molar-refractivity contribution in [3.8, 4) is 17.7 Å². The molecule has 2 aromatic heterocycles. The predicted molar refractivity (Wildman–Crippen MR) is 269 cm³/mol. The highest BCUT2D eigenvalue weighted by Crippen LogP contribution is 2.34. The van der Waals surface area contributed by atoms with E-state index in [0.29, 0.717) is 79.4 Å². The Morgan fingerprint density at radius 2 is 1.58 bits per heavy atom. The quantitative estimate of drug-likeness (QED) is 0.0106. The number of amides is 2. The Labute approximate surface area is 404 Å². The minimum Gasteiger partial charge on any atom is -0.494 e. The highest BCUT2D eigenvalue weighted by Gasteiger charge is 2.52. The minimum atomic E-state index is -4.15. The number of fused-ring (bicyclic) bond motifs is 2.